The first-order valence-electron chi connectivity index (χ1n) is 9.13. The summed E-state index contributed by atoms with van der Waals surface area (Å²) in [6.07, 6.45) is 0. The zero-order valence-corrected chi connectivity index (χ0v) is 14.6. The van der Waals surface area contributed by atoms with Crippen molar-refractivity contribution >= 4 is 55.0 Å². The third kappa shape index (κ3) is 2.22. The van der Waals surface area contributed by atoms with E-state index in [-0.39, 0.29) is 0 Å². The van der Waals surface area contributed by atoms with Gasteiger partial charge in [0.05, 0.1) is 0 Å². The molecule has 0 aliphatic rings. The monoisotopic (exact) mass is 347 g/mol. The van der Waals surface area contributed by atoms with Crippen molar-refractivity contribution in [3.8, 4) is 0 Å². The minimum atomic E-state index is 1.07. The lowest BCUT2D eigenvalue weighted by atomic mass is 10.1. The van der Waals surface area contributed by atoms with Crippen LogP contribution in [0.5, 0.6) is 0 Å². The van der Waals surface area contributed by atoms with E-state index in [1.54, 1.807) is 0 Å². The van der Waals surface area contributed by atoms with E-state index in [2.05, 4.69) is 100 Å². The molecule has 6 rings (SSSR count). The molecule has 0 saturated carbocycles. The van der Waals surface area contributed by atoms with E-state index in [1.807, 2.05) is 0 Å². The Bertz CT molecular complexity index is 1340. The molecule has 3 N–H and O–H groups in total. The van der Waals surface area contributed by atoms with Gasteiger partial charge in [-0.05, 0) is 36.4 Å². The molecule has 0 fully saturated rings. The SMILES string of the molecule is c1ccc2c(c1)[nH]c1cc(Nc3ccc4c(c3)[nH]c3ccccc34)ccc12. The number of aromatic nitrogens is 2. The highest BCUT2D eigenvalue weighted by molar-refractivity contribution is 6.09. The molecular weight excluding hydrogens is 330 g/mol. The third-order valence-electron chi connectivity index (χ3n) is 5.30. The van der Waals surface area contributed by atoms with Crippen LogP contribution in [0.3, 0.4) is 0 Å². The standard InChI is InChI=1S/C24H17N3/c1-3-7-21-17(5-1)19-11-9-15(13-23(19)26-21)25-16-10-12-20-18-6-2-4-8-22(18)27-24(20)14-16/h1-14,25-27H. The molecule has 0 saturated heterocycles. The number of H-pyrrole nitrogens is 2. The summed E-state index contributed by atoms with van der Waals surface area (Å²) in [5, 5.41) is 8.57. The van der Waals surface area contributed by atoms with E-state index in [0.717, 1.165) is 22.4 Å². The predicted octanol–water partition coefficient (Wildman–Crippen LogP) is 6.70. The van der Waals surface area contributed by atoms with Gasteiger partial charge in [0, 0.05) is 55.0 Å². The Kier molecular flexibility index (Phi) is 2.88. The lowest BCUT2D eigenvalue weighted by Crippen LogP contribution is -1.89. The highest BCUT2D eigenvalue weighted by atomic mass is 14.9. The topological polar surface area (TPSA) is 43.6 Å². The first kappa shape index (κ1) is 14.4. The van der Waals surface area contributed by atoms with Gasteiger partial charge < -0.3 is 15.3 Å². The lowest BCUT2D eigenvalue weighted by Gasteiger charge is -2.07. The van der Waals surface area contributed by atoms with Crippen molar-refractivity contribution in [3.63, 3.8) is 0 Å². The fraction of sp³-hybridized carbons (Fsp3) is 0. The molecule has 0 spiro atoms. The molecule has 0 aliphatic heterocycles. The fourth-order valence-corrected chi connectivity index (χ4v) is 4.03. The van der Waals surface area contributed by atoms with Crippen LogP contribution < -0.4 is 5.32 Å². The Morgan fingerprint density at radius 3 is 1.41 bits per heavy atom. The van der Waals surface area contributed by atoms with Gasteiger partial charge in [0.1, 0.15) is 0 Å². The summed E-state index contributed by atoms with van der Waals surface area (Å²) in [6.45, 7) is 0. The predicted molar refractivity (Wildman–Crippen MR) is 115 cm³/mol. The number of benzene rings is 4. The maximum Gasteiger partial charge on any atom is 0.0485 e. The van der Waals surface area contributed by atoms with Crippen LogP contribution in [0.25, 0.3) is 43.6 Å². The molecule has 2 heterocycles. The van der Waals surface area contributed by atoms with Crippen LogP contribution in [-0.4, -0.2) is 9.97 Å². The summed E-state index contributed by atoms with van der Waals surface area (Å²) >= 11 is 0. The van der Waals surface area contributed by atoms with Crippen LogP contribution >= 0.6 is 0 Å². The molecule has 2 aromatic heterocycles. The zero-order chi connectivity index (χ0) is 17.8. The number of anilines is 2. The molecule has 0 radical (unpaired) electrons. The van der Waals surface area contributed by atoms with E-state index in [1.165, 1.54) is 32.6 Å². The number of nitrogens with one attached hydrogen (secondary N) is 3. The molecular formula is C24H17N3. The summed E-state index contributed by atoms with van der Waals surface area (Å²) in [6, 6.07) is 29.8. The van der Waals surface area contributed by atoms with Crippen LogP contribution in [0.2, 0.25) is 0 Å². The Hall–Kier alpha value is -3.72. The minimum absolute atomic E-state index is 1.07. The molecule has 0 unspecified atom stereocenters. The molecule has 0 atom stereocenters. The Balaban J connectivity index is 1.42. The Morgan fingerprint density at radius 1 is 0.444 bits per heavy atom. The molecule has 3 heteroatoms. The van der Waals surface area contributed by atoms with Gasteiger partial charge in [-0.2, -0.15) is 0 Å². The van der Waals surface area contributed by atoms with E-state index < -0.39 is 0 Å². The van der Waals surface area contributed by atoms with Crippen LogP contribution in [0, 0.1) is 0 Å². The molecule has 27 heavy (non-hydrogen) atoms. The average molecular weight is 347 g/mol. The number of para-hydroxylation sites is 2. The first-order chi connectivity index (χ1) is 13.3. The van der Waals surface area contributed by atoms with Crippen LogP contribution in [-0.2, 0) is 0 Å². The molecule has 0 aliphatic carbocycles. The van der Waals surface area contributed by atoms with Gasteiger partial charge in [-0.1, -0.05) is 48.5 Å². The van der Waals surface area contributed by atoms with Crippen LogP contribution in [0.4, 0.5) is 11.4 Å². The number of hydrogen-bond acceptors (Lipinski definition) is 1. The third-order valence-corrected chi connectivity index (χ3v) is 5.30. The summed E-state index contributed by atoms with van der Waals surface area (Å²) in [4.78, 5) is 7.01. The van der Waals surface area contributed by atoms with Gasteiger partial charge in [-0.15, -0.1) is 0 Å². The highest BCUT2D eigenvalue weighted by Crippen LogP contribution is 2.31. The maximum atomic E-state index is 3.54. The van der Waals surface area contributed by atoms with E-state index in [4.69, 9.17) is 0 Å². The van der Waals surface area contributed by atoms with Crippen molar-refractivity contribution in [1.82, 2.24) is 9.97 Å². The van der Waals surface area contributed by atoms with Crippen molar-refractivity contribution in [2.45, 2.75) is 0 Å². The number of aromatic amines is 2. The van der Waals surface area contributed by atoms with Gasteiger partial charge in [-0.3, -0.25) is 0 Å². The molecule has 3 nitrogen and oxygen atoms in total. The molecule has 0 bridgehead atoms. The Labute approximate surface area is 155 Å². The zero-order valence-electron chi connectivity index (χ0n) is 14.6. The quantitative estimate of drug-likeness (QED) is 0.320. The fourth-order valence-electron chi connectivity index (χ4n) is 4.03. The van der Waals surface area contributed by atoms with Gasteiger partial charge in [-0.25, -0.2) is 0 Å². The molecule has 0 amide bonds. The lowest BCUT2D eigenvalue weighted by molar-refractivity contribution is 1.51. The Morgan fingerprint density at radius 2 is 0.889 bits per heavy atom. The van der Waals surface area contributed by atoms with Gasteiger partial charge in [0.15, 0.2) is 0 Å². The number of rotatable bonds is 2. The minimum Gasteiger partial charge on any atom is -0.355 e. The smallest absolute Gasteiger partial charge is 0.0485 e. The van der Waals surface area contributed by atoms with Gasteiger partial charge in [0.25, 0.3) is 0 Å². The second-order valence-electron chi connectivity index (χ2n) is 6.99. The molecule has 128 valence electrons. The second-order valence-corrected chi connectivity index (χ2v) is 6.99. The van der Waals surface area contributed by atoms with E-state index in [9.17, 15) is 0 Å². The molecule has 6 aromatic rings. The molecule has 4 aromatic carbocycles. The van der Waals surface area contributed by atoms with E-state index in [0.29, 0.717) is 0 Å². The van der Waals surface area contributed by atoms with Crippen molar-refractivity contribution in [1.29, 1.82) is 0 Å². The maximum absolute atomic E-state index is 3.54. The van der Waals surface area contributed by atoms with Gasteiger partial charge >= 0.3 is 0 Å². The summed E-state index contributed by atoms with van der Waals surface area (Å²) in [5.74, 6) is 0. The van der Waals surface area contributed by atoms with Crippen molar-refractivity contribution in [2.75, 3.05) is 5.32 Å². The summed E-state index contributed by atoms with van der Waals surface area (Å²) in [7, 11) is 0. The normalized spacial score (nSPS) is 11.7. The largest absolute Gasteiger partial charge is 0.355 e. The summed E-state index contributed by atoms with van der Waals surface area (Å²) < 4.78 is 0. The number of fused-ring (bicyclic) bond motifs is 6. The van der Waals surface area contributed by atoms with Crippen molar-refractivity contribution in [3.05, 3.63) is 84.9 Å². The van der Waals surface area contributed by atoms with Gasteiger partial charge in [0.2, 0.25) is 0 Å². The van der Waals surface area contributed by atoms with E-state index >= 15 is 0 Å². The first-order valence-corrected chi connectivity index (χ1v) is 9.13. The van der Waals surface area contributed by atoms with Crippen molar-refractivity contribution in [2.24, 2.45) is 0 Å². The van der Waals surface area contributed by atoms with Crippen LogP contribution in [0.1, 0.15) is 0 Å². The average Bonchev–Trinajstić information content (AvgIpc) is 3.25. The highest BCUT2D eigenvalue weighted by Gasteiger charge is 2.07. The van der Waals surface area contributed by atoms with Crippen LogP contribution in [0.15, 0.2) is 84.9 Å². The van der Waals surface area contributed by atoms with Crippen molar-refractivity contribution < 1.29 is 0 Å². The summed E-state index contributed by atoms with van der Waals surface area (Å²) in [5.41, 5.74) is 6.78. The number of hydrogen-bond donors (Lipinski definition) is 3. The second kappa shape index (κ2) is 5.39.